The molecule has 118 valence electrons. The lowest BCUT2D eigenvalue weighted by molar-refractivity contribution is 0.397. The van der Waals surface area contributed by atoms with Crippen molar-refractivity contribution in [1.82, 2.24) is 4.31 Å². The van der Waals surface area contributed by atoms with Crippen molar-refractivity contribution in [3.05, 3.63) is 58.3 Å². The van der Waals surface area contributed by atoms with Gasteiger partial charge >= 0.3 is 0 Å². The minimum atomic E-state index is -3.81. The summed E-state index contributed by atoms with van der Waals surface area (Å²) in [6.45, 7) is -0.0648. The van der Waals surface area contributed by atoms with E-state index in [0.29, 0.717) is 10.0 Å². The molecule has 2 rings (SSSR count). The van der Waals surface area contributed by atoms with Crippen LogP contribution in [0.15, 0.2) is 51.8 Å². The van der Waals surface area contributed by atoms with Crippen LogP contribution in [0.2, 0.25) is 0 Å². The average molecular weight is 388 g/mol. The molecule has 0 saturated carbocycles. The molecule has 0 aliphatic heterocycles. The third kappa shape index (κ3) is 3.48. The molecule has 0 aliphatic carbocycles. The molecule has 0 amide bonds. The van der Waals surface area contributed by atoms with Gasteiger partial charge in [-0.05, 0) is 24.3 Å². The zero-order valence-corrected chi connectivity index (χ0v) is 14.5. The average Bonchev–Trinajstić information content (AvgIpc) is 2.49. The Hall–Kier alpha value is -1.44. The summed E-state index contributed by atoms with van der Waals surface area (Å²) in [5, 5.41) is 0. The van der Waals surface area contributed by atoms with Crippen molar-refractivity contribution in [2.24, 2.45) is 0 Å². The molecule has 0 spiro atoms. The number of hydrogen-bond donors (Lipinski definition) is 0. The number of ether oxygens (including phenoxy) is 1. The molecular formula is C15H15BrFNO3S. The summed E-state index contributed by atoms with van der Waals surface area (Å²) in [5.74, 6) is -0.200. The molecule has 22 heavy (non-hydrogen) atoms. The summed E-state index contributed by atoms with van der Waals surface area (Å²) < 4.78 is 45.9. The lowest BCUT2D eigenvalue weighted by Gasteiger charge is -2.19. The van der Waals surface area contributed by atoms with Crippen LogP contribution in [-0.2, 0) is 16.6 Å². The predicted molar refractivity (Wildman–Crippen MR) is 85.7 cm³/mol. The quantitative estimate of drug-likeness (QED) is 0.789. The molecule has 2 aromatic rings. The van der Waals surface area contributed by atoms with Gasteiger partial charge in [0.25, 0.3) is 0 Å². The summed E-state index contributed by atoms with van der Waals surface area (Å²) in [5.41, 5.74) is 0.308. The highest BCUT2D eigenvalue weighted by Gasteiger charge is 2.25. The zero-order chi connectivity index (χ0) is 16.3. The number of benzene rings is 2. The van der Waals surface area contributed by atoms with Crippen molar-refractivity contribution in [2.45, 2.75) is 11.4 Å². The molecule has 0 atom stereocenters. The van der Waals surface area contributed by atoms with E-state index in [-0.39, 0.29) is 17.2 Å². The number of halogens is 2. The van der Waals surface area contributed by atoms with E-state index in [1.54, 1.807) is 30.3 Å². The van der Waals surface area contributed by atoms with Crippen molar-refractivity contribution < 1.29 is 17.5 Å². The van der Waals surface area contributed by atoms with E-state index in [4.69, 9.17) is 4.74 Å². The van der Waals surface area contributed by atoms with Gasteiger partial charge in [-0.2, -0.15) is 4.31 Å². The Kier molecular flexibility index (Phi) is 5.20. The Morgan fingerprint density at radius 1 is 1.23 bits per heavy atom. The molecule has 0 saturated heterocycles. The van der Waals surface area contributed by atoms with Gasteiger partial charge < -0.3 is 4.74 Å². The Morgan fingerprint density at radius 2 is 1.91 bits per heavy atom. The van der Waals surface area contributed by atoms with Crippen LogP contribution in [0.25, 0.3) is 0 Å². The first kappa shape index (κ1) is 16.9. The minimum absolute atomic E-state index is 0.0308. The summed E-state index contributed by atoms with van der Waals surface area (Å²) in [6, 6.07) is 10.8. The first-order valence-electron chi connectivity index (χ1n) is 6.39. The molecule has 2 aromatic carbocycles. The monoisotopic (exact) mass is 387 g/mol. The molecule has 0 aromatic heterocycles. The third-order valence-corrected chi connectivity index (χ3v) is 5.48. The highest BCUT2D eigenvalue weighted by atomic mass is 79.9. The third-order valence-electron chi connectivity index (χ3n) is 3.16. The zero-order valence-electron chi connectivity index (χ0n) is 12.1. The normalized spacial score (nSPS) is 11.7. The van der Waals surface area contributed by atoms with E-state index in [0.717, 1.165) is 4.31 Å². The van der Waals surface area contributed by atoms with Crippen LogP contribution in [0.1, 0.15) is 5.56 Å². The summed E-state index contributed by atoms with van der Waals surface area (Å²) >= 11 is 3.25. The van der Waals surface area contributed by atoms with E-state index in [1.165, 1.54) is 26.3 Å². The summed E-state index contributed by atoms with van der Waals surface area (Å²) in [6.07, 6.45) is 0. The number of sulfonamides is 1. The Labute approximate surface area is 137 Å². The van der Waals surface area contributed by atoms with Crippen molar-refractivity contribution in [2.75, 3.05) is 14.2 Å². The molecular weight excluding hydrogens is 373 g/mol. The summed E-state index contributed by atoms with van der Waals surface area (Å²) in [7, 11) is -1.00. The molecule has 7 heteroatoms. The van der Waals surface area contributed by atoms with E-state index in [1.807, 2.05) is 0 Å². The van der Waals surface area contributed by atoms with Gasteiger partial charge in [0, 0.05) is 23.6 Å². The first-order valence-corrected chi connectivity index (χ1v) is 8.63. The largest absolute Gasteiger partial charge is 0.495 e. The van der Waals surface area contributed by atoms with Crippen LogP contribution in [0.5, 0.6) is 5.75 Å². The van der Waals surface area contributed by atoms with Gasteiger partial charge in [-0.15, -0.1) is 0 Å². The highest BCUT2D eigenvalue weighted by molar-refractivity contribution is 9.10. The van der Waals surface area contributed by atoms with Gasteiger partial charge in [-0.25, -0.2) is 12.8 Å². The second-order valence-electron chi connectivity index (χ2n) is 4.65. The smallest absolute Gasteiger partial charge is 0.246 e. The SMILES string of the molecule is COc1ccc(Br)cc1S(=O)(=O)N(C)Cc1ccccc1F. The van der Waals surface area contributed by atoms with Gasteiger partial charge in [-0.1, -0.05) is 34.1 Å². The fraction of sp³-hybridized carbons (Fsp3) is 0.200. The lowest BCUT2D eigenvalue weighted by atomic mass is 10.2. The first-order chi connectivity index (χ1) is 10.4. The van der Waals surface area contributed by atoms with Gasteiger partial charge in [0.15, 0.2) is 0 Å². The van der Waals surface area contributed by atoms with Crippen LogP contribution >= 0.6 is 15.9 Å². The van der Waals surface area contributed by atoms with Crippen LogP contribution in [0.4, 0.5) is 4.39 Å². The van der Waals surface area contributed by atoms with Crippen LogP contribution in [0.3, 0.4) is 0 Å². The molecule has 0 fully saturated rings. The maximum absolute atomic E-state index is 13.7. The molecule has 0 radical (unpaired) electrons. The van der Waals surface area contributed by atoms with Crippen molar-refractivity contribution in [3.8, 4) is 5.75 Å². The molecule has 0 heterocycles. The van der Waals surface area contributed by atoms with E-state index in [9.17, 15) is 12.8 Å². The predicted octanol–water partition coefficient (Wildman–Crippen LogP) is 3.42. The number of nitrogens with zero attached hydrogens (tertiary/aromatic N) is 1. The Balaban J connectivity index is 2.38. The van der Waals surface area contributed by atoms with Crippen LogP contribution < -0.4 is 4.74 Å². The van der Waals surface area contributed by atoms with Gasteiger partial charge in [0.2, 0.25) is 10.0 Å². The van der Waals surface area contributed by atoms with Gasteiger partial charge in [-0.3, -0.25) is 0 Å². The number of hydrogen-bond acceptors (Lipinski definition) is 3. The summed E-state index contributed by atoms with van der Waals surface area (Å²) in [4.78, 5) is 0.0308. The maximum Gasteiger partial charge on any atom is 0.246 e. The topological polar surface area (TPSA) is 46.6 Å². The molecule has 0 unspecified atom stereocenters. The Morgan fingerprint density at radius 3 is 2.55 bits per heavy atom. The minimum Gasteiger partial charge on any atom is -0.495 e. The van der Waals surface area contributed by atoms with Crippen LogP contribution in [0, 0.1) is 5.82 Å². The van der Waals surface area contributed by atoms with Gasteiger partial charge in [0.05, 0.1) is 7.11 Å². The van der Waals surface area contributed by atoms with E-state index < -0.39 is 15.8 Å². The van der Waals surface area contributed by atoms with Gasteiger partial charge in [0.1, 0.15) is 16.5 Å². The van der Waals surface area contributed by atoms with E-state index >= 15 is 0 Å². The standard InChI is InChI=1S/C15H15BrFNO3S/c1-18(10-11-5-3-4-6-13(11)17)22(19,20)15-9-12(16)7-8-14(15)21-2/h3-9H,10H2,1-2H3. The Bertz CT molecular complexity index is 780. The maximum atomic E-state index is 13.7. The number of methoxy groups -OCH3 is 1. The molecule has 0 aliphatic rings. The lowest BCUT2D eigenvalue weighted by Crippen LogP contribution is -2.27. The fourth-order valence-electron chi connectivity index (χ4n) is 1.97. The van der Waals surface area contributed by atoms with Crippen LogP contribution in [-0.4, -0.2) is 26.9 Å². The van der Waals surface area contributed by atoms with Crippen molar-refractivity contribution in [3.63, 3.8) is 0 Å². The highest BCUT2D eigenvalue weighted by Crippen LogP contribution is 2.30. The molecule has 0 bridgehead atoms. The molecule has 0 N–H and O–H groups in total. The van der Waals surface area contributed by atoms with Crippen molar-refractivity contribution >= 4 is 26.0 Å². The second-order valence-corrected chi connectivity index (χ2v) is 7.58. The number of rotatable bonds is 5. The second kappa shape index (κ2) is 6.76. The fourth-order valence-corrected chi connectivity index (χ4v) is 3.81. The molecule has 4 nitrogen and oxygen atoms in total. The van der Waals surface area contributed by atoms with Crippen molar-refractivity contribution in [1.29, 1.82) is 0 Å². The van der Waals surface area contributed by atoms with E-state index in [2.05, 4.69) is 15.9 Å².